The zero-order valence-electron chi connectivity index (χ0n) is 16.5. The molecule has 29 heavy (non-hydrogen) atoms. The molecule has 0 radical (unpaired) electrons. The number of hydrogen-bond acceptors (Lipinski definition) is 4. The van der Waals surface area contributed by atoms with Crippen LogP contribution < -0.4 is 14.8 Å². The smallest absolute Gasteiger partial charge is 0.412 e. The maximum Gasteiger partial charge on any atom is 0.412 e. The van der Waals surface area contributed by atoms with E-state index in [4.69, 9.17) is 21.1 Å². The Bertz CT molecular complexity index is 954. The molecule has 0 aliphatic heterocycles. The van der Waals surface area contributed by atoms with Gasteiger partial charge in [-0.1, -0.05) is 43.1 Å². The highest BCUT2D eigenvalue weighted by molar-refractivity contribution is 6.30. The SMILES string of the molecule is CCCc1c(OC(=O)NCCc2ccccc2OC)cnn1-c1ccc(Cl)cc1. The first-order valence-electron chi connectivity index (χ1n) is 9.52. The van der Waals surface area contributed by atoms with E-state index in [9.17, 15) is 4.79 Å². The second-order valence-corrected chi connectivity index (χ2v) is 6.91. The lowest BCUT2D eigenvalue weighted by atomic mass is 10.1. The van der Waals surface area contributed by atoms with Gasteiger partial charge in [-0.05, 0) is 48.7 Å². The molecule has 3 rings (SSSR count). The van der Waals surface area contributed by atoms with Gasteiger partial charge in [0.1, 0.15) is 5.75 Å². The predicted molar refractivity (Wildman–Crippen MR) is 113 cm³/mol. The number of hydrogen-bond donors (Lipinski definition) is 1. The summed E-state index contributed by atoms with van der Waals surface area (Å²) >= 11 is 5.97. The Balaban J connectivity index is 1.64. The van der Waals surface area contributed by atoms with Gasteiger partial charge in [-0.3, -0.25) is 0 Å². The normalized spacial score (nSPS) is 10.6. The van der Waals surface area contributed by atoms with Gasteiger partial charge in [0.2, 0.25) is 0 Å². The van der Waals surface area contributed by atoms with Crippen molar-refractivity contribution in [1.29, 1.82) is 0 Å². The van der Waals surface area contributed by atoms with Crippen molar-refractivity contribution in [3.8, 4) is 17.2 Å². The van der Waals surface area contributed by atoms with Crippen LogP contribution in [0.15, 0.2) is 54.7 Å². The topological polar surface area (TPSA) is 65.4 Å². The number of amides is 1. The molecule has 0 saturated heterocycles. The van der Waals surface area contributed by atoms with E-state index in [1.807, 2.05) is 36.4 Å². The predicted octanol–water partition coefficient (Wildman–Crippen LogP) is 4.82. The van der Waals surface area contributed by atoms with Crippen molar-refractivity contribution >= 4 is 17.7 Å². The van der Waals surface area contributed by atoms with E-state index >= 15 is 0 Å². The molecule has 0 atom stereocenters. The van der Waals surface area contributed by atoms with E-state index in [0.717, 1.165) is 35.5 Å². The molecule has 1 amide bonds. The first kappa shape index (κ1) is 20.7. The van der Waals surface area contributed by atoms with E-state index in [1.54, 1.807) is 30.1 Å². The van der Waals surface area contributed by atoms with Crippen LogP contribution in [0.1, 0.15) is 24.6 Å². The van der Waals surface area contributed by atoms with Crippen molar-refractivity contribution < 1.29 is 14.3 Å². The summed E-state index contributed by atoms with van der Waals surface area (Å²) in [5.41, 5.74) is 2.73. The number of nitrogens with one attached hydrogen (secondary N) is 1. The number of aromatic nitrogens is 2. The first-order chi connectivity index (χ1) is 14.1. The fourth-order valence-electron chi connectivity index (χ4n) is 3.06. The number of para-hydroxylation sites is 1. The summed E-state index contributed by atoms with van der Waals surface area (Å²) < 4.78 is 12.6. The molecule has 2 aromatic carbocycles. The van der Waals surface area contributed by atoms with Gasteiger partial charge in [-0.25, -0.2) is 9.48 Å². The van der Waals surface area contributed by atoms with Crippen molar-refractivity contribution in [3.05, 3.63) is 71.0 Å². The minimum atomic E-state index is -0.507. The third-order valence-corrected chi connectivity index (χ3v) is 4.70. The Morgan fingerprint density at radius 2 is 1.86 bits per heavy atom. The van der Waals surface area contributed by atoms with Gasteiger partial charge < -0.3 is 14.8 Å². The lowest BCUT2D eigenvalue weighted by Crippen LogP contribution is -2.29. The molecule has 6 nitrogen and oxygen atoms in total. The Morgan fingerprint density at radius 1 is 1.10 bits per heavy atom. The molecule has 0 aliphatic carbocycles. The fraction of sp³-hybridized carbons (Fsp3) is 0.273. The van der Waals surface area contributed by atoms with Crippen LogP contribution in [-0.2, 0) is 12.8 Å². The monoisotopic (exact) mass is 413 g/mol. The second kappa shape index (κ2) is 9.98. The van der Waals surface area contributed by atoms with Crippen LogP contribution in [0.5, 0.6) is 11.5 Å². The number of halogens is 1. The lowest BCUT2D eigenvalue weighted by molar-refractivity contribution is 0.200. The molecule has 3 aromatic rings. The quantitative estimate of drug-likeness (QED) is 0.575. The molecule has 0 bridgehead atoms. The minimum absolute atomic E-state index is 0.438. The van der Waals surface area contributed by atoms with E-state index in [2.05, 4.69) is 17.3 Å². The number of rotatable bonds is 8. The van der Waals surface area contributed by atoms with Gasteiger partial charge in [0, 0.05) is 11.6 Å². The molecule has 1 N–H and O–H groups in total. The number of carbonyl (C=O) groups excluding carboxylic acids is 1. The van der Waals surface area contributed by atoms with E-state index in [0.29, 0.717) is 23.7 Å². The van der Waals surface area contributed by atoms with Gasteiger partial charge in [-0.2, -0.15) is 5.10 Å². The molecule has 0 unspecified atom stereocenters. The molecule has 0 spiro atoms. The van der Waals surface area contributed by atoms with Crippen molar-refractivity contribution in [1.82, 2.24) is 15.1 Å². The average Bonchev–Trinajstić information content (AvgIpc) is 3.11. The summed E-state index contributed by atoms with van der Waals surface area (Å²) in [7, 11) is 1.63. The third-order valence-electron chi connectivity index (χ3n) is 4.45. The largest absolute Gasteiger partial charge is 0.496 e. The Labute approximate surface area is 175 Å². The highest BCUT2D eigenvalue weighted by atomic mass is 35.5. The van der Waals surface area contributed by atoms with Crippen molar-refractivity contribution in [2.24, 2.45) is 0 Å². The van der Waals surface area contributed by atoms with Crippen molar-refractivity contribution in [2.45, 2.75) is 26.2 Å². The van der Waals surface area contributed by atoms with Gasteiger partial charge in [0.25, 0.3) is 0 Å². The van der Waals surface area contributed by atoms with E-state index in [1.165, 1.54) is 0 Å². The maximum absolute atomic E-state index is 12.3. The number of nitrogens with zero attached hydrogens (tertiary/aromatic N) is 2. The molecular formula is C22H24ClN3O3. The molecule has 1 aromatic heterocycles. The van der Waals surface area contributed by atoms with Gasteiger partial charge >= 0.3 is 6.09 Å². The van der Waals surface area contributed by atoms with E-state index in [-0.39, 0.29) is 0 Å². The summed E-state index contributed by atoms with van der Waals surface area (Å²) in [6.45, 7) is 2.50. The Hall–Kier alpha value is -2.99. The zero-order chi connectivity index (χ0) is 20.6. The van der Waals surface area contributed by atoms with Gasteiger partial charge in [0.15, 0.2) is 5.75 Å². The summed E-state index contributed by atoms with van der Waals surface area (Å²) in [5, 5.41) is 7.83. The summed E-state index contributed by atoms with van der Waals surface area (Å²) in [6.07, 6.45) is 3.33. The number of ether oxygens (including phenoxy) is 2. The fourth-order valence-corrected chi connectivity index (χ4v) is 3.19. The van der Waals surface area contributed by atoms with Crippen molar-refractivity contribution in [2.75, 3.05) is 13.7 Å². The van der Waals surface area contributed by atoms with Crippen molar-refractivity contribution in [3.63, 3.8) is 0 Å². The number of carbonyl (C=O) groups is 1. The summed E-state index contributed by atoms with van der Waals surface area (Å²) in [6, 6.07) is 15.1. The second-order valence-electron chi connectivity index (χ2n) is 6.47. The minimum Gasteiger partial charge on any atom is -0.496 e. The van der Waals surface area contributed by atoms with Gasteiger partial charge in [0.05, 0.1) is 24.7 Å². The molecule has 7 heteroatoms. The maximum atomic E-state index is 12.3. The average molecular weight is 414 g/mol. The number of methoxy groups -OCH3 is 1. The summed E-state index contributed by atoms with van der Waals surface area (Å²) in [4.78, 5) is 12.3. The van der Waals surface area contributed by atoms with Gasteiger partial charge in [-0.15, -0.1) is 0 Å². The van der Waals surface area contributed by atoms with Crippen LogP contribution in [-0.4, -0.2) is 29.5 Å². The van der Waals surface area contributed by atoms with Crippen LogP contribution in [0.25, 0.3) is 5.69 Å². The highest BCUT2D eigenvalue weighted by Crippen LogP contribution is 2.24. The van der Waals surface area contributed by atoms with Crippen LogP contribution in [0.3, 0.4) is 0 Å². The van der Waals surface area contributed by atoms with Crippen LogP contribution >= 0.6 is 11.6 Å². The third kappa shape index (κ3) is 5.29. The molecule has 1 heterocycles. The standard InChI is InChI=1S/C22H24ClN3O3/c1-3-6-19-21(15-25-26(19)18-11-9-17(23)10-12-18)29-22(27)24-14-13-16-7-4-5-8-20(16)28-2/h4-5,7-12,15H,3,6,13-14H2,1-2H3,(H,24,27). The van der Waals surface area contributed by atoms with Crippen LogP contribution in [0, 0.1) is 0 Å². The Morgan fingerprint density at radius 3 is 2.59 bits per heavy atom. The zero-order valence-corrected chi connectivity index (χ0v) is 17.3. The lowest BCUT2D eigenvalue weighted by Gasteiger charge is -2.11. The summed E-state index contributed by atoms with van der Waals surface area (Å²) in [5.74, 6) is 1.26. The Kier molecular flexibility index (Phi) is 7.14. The molecule has 0 aliphatic rings. The van der Waals surface area contributed by atoms with Crippen LogP contribution in [0.4, 0.5) is 4.79 Å². The molecule has 152 valence electrons. The molecular weight excluding hydrogens is 390 g/mol. The highest BCUT2D eigenvalue weighted by Gasteiger charge is 2.16. The van der Waals surface area contributed by atoms with E-state index < -0.39 is 6.09 Å². The first-order valence-corrected chi connectivity index (χ1v) is 9.90. The molecule has 0 saturated carbocycles. The molecule has 0 fully saturated rings. The number of benzene rings is 2. The van der Waals surface area contributed by atoms with Crippen LogP contribution in [0.2, 0.25) is 5.02 Å².